The summed E-state index contributed by atoms with van der Waals surface area (Å²) < 4.78 is 41.0. The monoisotopic (exact) mass is 249 g/mol. The van der Waals surface area contributed by atoms with E-state index in [4.69, 9.17) is 4.74 Å². The van der Waals surface area contributed by atoms with Crippen LogP contribution >= 0.6 is 0 Å². The van der Waals surface area contributed by atoms with Gasteiger partial charge >= 0.3 is 10.2 Å². The molecule has 0 unspecified atom stereocenters. The normalized spacial score (nSPS) is 17.8. The Morgan fingerprint density at radius 2 is 2.06 bits per heavy atom. The molecule has 0 aliphatic carbocycles. The van der Waals surface area contributed by atoms with Crippen LogP contribution in [0.15, 0.2) is 5.16 Å². The van der Waals surface area contributed by atoms with E-state index in [2.05, 4.69) is 10.2 Å². The zero-order chi connectivity index (χ0) is 11.9. The van der Waals surface area contributed by atoms with Crippen molar-refractivity contribution in [2.75, 3.05) is 13.2 Å². The van der Waals surface area contributed by atoms with Crippen molar-refractivity contribution in [3.63, 3.8) is 0 Å². The Hall–Kier alpha value is -1.02. The van der Waals surface area contributed by atoms with Gasteiger partial charge in [0.05, 0.1) is 19.1 Å². The van der Waals surface area contributed by atoms with Gasteiger partial charge in [-0.15, -0.1) is 10.2 Å². The first-order valence-electron chi connectivity index (χ1n) is 4.88. The summed E-state index contributed by atoms with van der Waals surface area (Å²) in [5.74, 6) is 0.475. The molecule has 16 heavy (non-hydrogen) atoms. The van der Waals surface area contributed by atoms with Gasteiger partial charge in [-0.2, -0.15) is 8.42 Å². The van der Waals surface area contributed by atoms with Crippen LogP contribution in [-0.4, -0.2) is 36.4 Å². The van der Waals surface area contributed by atoms with Crippen LogP contribution in [0.25, 0.3) is 0 Å². The topological polar surface area (TPSA) is 74.1 Å². The van der Waals surface area contributed by atoms with Gasteiger partial charge in [-0.1, -0.05) is 3.89 Å². The smallest absolute Gasteiger partial charge is 0.368 e. The Morgan fingerprint density at radius 3 is 2.44 bits per heavy atom. The SMILES string of the molecule is CC(C)n1c(C2COC2)nnc1S(=O)(=O)F. The Kier molecular flexibility index (Phi) is 2.70. The quantitative estimate of drug-likeness (QED) is 0.734. The van der Waals surface area contributed by atoms with E-state index in [1.54, 1.807) is 13.8 Å². The molecule has 0 N–H and O–H groups in total. The van der Waals surface area contributed by atoms with Crippen LogP contribution in [0, 0.1) is 0 Å². The standard InChI is InChI=1S/C8H12FN3O3S/c1-5(2)12-7(6-3-15-4-6)10-11-8(12)16(9,13)14/h5-6H,3-4H2,1-2H3. The number of ether oxygens (including phenoxy) is 1. The molecular weight excluding hydrogens is 237 g/mol. The van der Waals surface area contributed by atoms with E-state index < -0.39 is 15.4 Å². The molecule has 1 aromatic heterocycles. The summed E-state index contributed by atoms with van der Waals surface area (Å²) in [6.45, 7) is 4.44. The highest BCUT2D eigenvalue weighted by atomic mass is 32.3. The van der Waals surface area contributed by atoms with Crippen LogP contribution in [0.1, 0.15) is 31.6 Å². The Balaban J connectivity index is 2.51. The lowest BCUT2D eigenvalue weighted by Gasteiger charge is -2.26. The third kappa shape index (κ3) is 1.82. The molecule has 0 spiro atoms. The van der Waals surface area contributed by atoms with E-state index in [0.29, 0.717) is 19.0 Å². The summed E-state index contributed by atoms with van der Waals surface area (Å²) in [5, 5.41) is 6.52. The van der Waals surface area contributed by atoms with Crippen LogP contribution in [0.3, 0.4) is 0 Å². The van der Waals surface area contributed by atoms with Crippen LogP contribution in [0.5, 0.6) is 0 Å². The van der Waals surface area contributed by atoms with Crippen molar-refractivity contribution in [2.45, 2.75) is 31.0 Å². The zero-order valence-electron chi connectivity index (χ0n) is 8.92. The van der Waals surface area contributed by atoms with Gasteiger partial charge in [0.1, 0.15) is 5.82 Å². The Morgan fingerprint density at radius 1 is 1.44 bits per heavy atom. The van der Waals surface area contributed by atoms with Gasteiger partial charge in [-0.25, -0.2) is 0 Å². The lowest BCUT2D eigenvalue weighted by atomic mass is 10.1. The third-order valence-electron chi connectivity index (χ3n) is 2.43. The molecule has 0 bridgehead atoms. The summed E-state index contributed by atoms with van der Waals surface area (Å²) in [4.78, 5) is 0. The van der Waals surface area contributed by atoms with Crippen molar-refractivity contribution in [1.82, 2.24) is 14.8 Å². The number of nitrogens with zero attached hydrogens (tertiary/aromatic N) is 3. The van der Waals surface area contributed by atoms with Crippen LogP contribution < -0.4 is 0 Å². The van der Waals surface area contributed by atoms with Crippen molar-refractivity contribution in [3.05, 3.63) is 5.82 Å². The van der Waals surface area contributed by atoms with Crippen molar-refractivity contribution >= 4 is 10.2 Å². The van der Waals surface area contributed by atoms with E-state index >= 15 is 0 Å². The molecule has 0 amide bonds. The van der Waals surface area contributed by atoms with E-state index in [1.807, 2.05) is 0 Å². The molecule has 0 radical (unpaired) electrons. The van der Waals surface area contributed by atoms with Crippen LogP contribution in [0.2, 0.25) is 0 Å². The van der Waals surface area contributed by atoms with Gasteiger partial charge in [-0.05, 0) is 13.8 Å². The van der Waals surface area contributed by atoms with Gasteiger partial charge in [-0.3, -0.25) is 4.57 Å². The minimum atomic E-state index is -4.83. The molecule has 0 aromatic carbocycles. The van der Waals surface area contributed by atoms with Gasteiger partial charge in [0, 0.05) is 6.04 Å². The second-order valence-corrected chi connectivity index (χ2v) is 5.22. The minimum Gasteiger partial charge on any atom is -0.380 e. The number of hydrogen-bond acceptors (Lipinski definition) is 5. The van der Waals surface area contributed by atoms with Gasteiger partial charge in [0.15, 0.2) is 0 Å². The average molecular weight is 249 g/mol. The number of rotatable bonds is 3. The first-order valence-corrected chi connectivity index (χ1v) is 6.27. The fourth-order valence-electron chi connectivity index (χ4n) is 1.60. The molecule has 8 heteroatoms. The number of halogens is 1. The largest absolute Gasteiger partial charge is 0.380 e. The summed E-state index contributed by atoms with van der Waals surface area (Å²) >= 11 is 0. The maximum absolute atomic E-state index is 13.0. The fraction of sp³-hybridized carbons (Fsp3) is 0.750. The molecule has 6 nitrogen and oxygen atoms in total. The summed E-state index contributed by atoms with van der Waals surface area (Å²) in [6.07, 6.45) is 0. The molecule has 1 saturated heterocycles. The number of hydrogen-bond donors (Lipinski definition) is 0. The average Bonchev–Trinajstić information content (AvgIpc) is 2.43. The summed E-state index contributed by atoms with van der Waals surface area (Å²) in [5.41, 5.74) is 0. The molecule has 90 valence electrons. The minimum absolute atomic E-state index is 0.00500. The molecule has 1 aliphatic rings. The molecule has 1 aliphatic heterocycles. The van der Waals surface area contributed by atoms with E-state index in [9.17, 15) is 12.3 Å². The predicted octanol–water partition coefficient (Wildman–Crippen LogP) is 0.631. The molecule has 0 atom stereocenters. The van der Waals surface area contributed by atoms with E-state index in [1.165, 1.54) is 4.57 Å². The molecule has 1 fully saturated rings. The highest BCUT2D eigenvalue weighted by molar-refractivity contribution is 7.86. The van der Waals surface area contributed by atoms with Crippen molar-refractivity contribution < 1.29 is 17.0 Å². The first kappa shape index (κ1) is 11.5. The Labute approximate surface area is 92.6 Å². The van der Waals surface area contributed by atoms with Gasteiger partial charge in [0.25, 0.3) is 5.16 Å². The van der Waals surface area contributed by atoms with Crippen molar-refractivity contribution in [2.24, 2.45) is 0 Å². The predicted molar refractivity (Wildman–Crippen MR) is 52.3 cm³/mol. The van der Waals surface area contributed by atoms with Crippen LogP contribution in [0.4, 0.5) is 3.89 Å². The highest BCUT2D eigenvalue weighted by Gasteiger charge is 2.32. The van der Waals surface area contributed by atoms with Gasteiger partial charge in [0.2, 0.25) is 0 Å². The molecule has 1 aromatic rings. The maximum atomic E-state index is 13.0. The molecule has 2 heterocycles. The van der Waals surface area contributed by atoms with Gasteiger partial charge < -0.3 is 4.74 Å². The van der Waals surface area contributed by atoms with Crippen LogP contribution in [-0.2, 0) is 15.0 Å². The maximum Gasteiger partial charge on any atom is 0.368 e. The Bertz CT molecular complexity index is 493. The number of aromatic nitrogens is 3. The zero-order valence-corrected chi connectivity index (χ0v) is 9.74. The third-order valence-corrected chi connectivity index (χ3v) is 3.14. The second kappa shape index (κ2) is 3.77. The van der Waals surface area contributed by atoms with E-state index in [-0.39, 0.29) is 12.0 Å². The molecule has 2 rings (SSSR count). The lowest BCUT2D eigenvalue weighted by Crippen LogP contribution is -2.29. The molecule has 0 saturated carbocycles. The fourth-order valence-corrected chi connectivity index (χ4v) is 2.28. The lowest BCUT2D eigenvalue weighted by molar-refractivity contribution is 0.00272. The second-order valence-electron chi connectivity index (χ2n) is 3.98. The highest BCUT2D eigenvalue weighted by Crippen LogP contribution is 2.27. The summed E-state index contributed by atoms with van der Waals surface area (Å²) in [6, 6.07) is -0.217. The summed E-state index contributed by atoms with van der Waals surface area (Å²) in [7, 11) is -4.83. The van der Waals surface area contributed by atoms with Crippen molar-refractivity contribution in [3.8, 4) is 0 Å². The van der Waals surface area contributed by atoms with E-state index in [0.717, 1.165) is 0 Å². The first-order chi connectivity index (χ1) is 7.41. The molecular formula is C8H12FN3O3S. The van der Waals surface area contributed by atoms with Crippen molar-refractivity contribution in [1.29, 1.82) is 0 Å².